The third-order valence-corrected chi connectivity index (χ3v) is 2.70. The number of ketones is 1. The topological polar surface area (TPSA) is 30.0 Å². The summed E-state index contributed by atoms with van der Waals surface area (Å²) in [5, 5.41) is 0. The minimum absolute atomic E-state index is 0.00130. The monoisotopic (exact) mass is 265 g/mol. The van der Waals surface area contributed by atoms with Crippen LogP contribution in [0.4, 0.5) is 13.2 Å². The SMILES string of the molecule is Cc1cccc(C(=O)c2ccccn2)c1C(F)(F)F. The normalized spacial score (nSPS) is 11.4. The maximum atomic E-state index is 13.0. The van der Waals surface area contributed by atoms with Crippen LogP contribution in [0.5, 0.6) is 0 Å². The lowest BCUT2D eigenvalue weighted by atomic mass is 9.97. The highest BCUT2D eigenvalue weighted by Crippen LogP contribution is 2.35. The number of rotatable bonds is 2. The molecule has 1 heterocycles. The summed E-state index contributed by atoms with van der Waals surface area (Å²) in [7, 11) is 0. The molecule has 0 bridgehead atoms. The van der Waals surface area contributed by atoms with Gasteiger partial charge in [-0.05, 0) is 24.6 Å². The quantitative estimate of drug-likeness (QED) is 0.776. The maximum absolute atomic E-state index is 13.0. The highest BCUT2D eigenvalue weighted by atomic mass is 19.4. The molecule has 1 aromatic carbocycles. The number of pyridine rings is 1. The zero-order valence-corrected chi connectivity index (χ0v) is 10.0. The summed E-state index contributed by atoms with van der Waals surface area (Å²) in [6.45, 7) is 1.33. The molecule has 0 saturated heterocycles. The Morgan fingerprint density at radius 3 is 2.42 bits per heavy atom. The van der Waals surface area contributed by atoms with Gasteiger partial charge in [-0.15, -0.1) is 0 Å². The van der Waals surface area contributed by atoms with Crippen LogP contribution >= 0.6 is 0 Å². The Hall–Kier alpha value is -2.17. The molecule has 2 rings (SSSR count). The second-order valence-electron chi connectivity index (χ2n) is 4.04. The fourth-order valence-electron chi connectivity index (χ4n) is 1.87. The zero-order valence-electron chi connectivity index (χ0n) is 10.0. The van der Waals surface area contributed by atoms with Crippen molar-refractivity contribution < 1.29 is 18.0 Å². The Morgan fingerprint density at radius 2 is 1.84 bits per heavy atom. The second-order valence-corrected chi connectivity index (χ2v) is 4.04. The van der Waals surface area contributed by atoms with Crippen LogP contribution < -0.4 is 0 Å². The first-order valence-corrected chi connectivity index (χ1v) is 5.54. The van der Waals surface area contributed by atoms with Crippen molar-refractivity contribution in [3.63, 3.8) is 0 Å². The third-order valence-electron chi connectivity index (χ3n) is 2.70. The van der Waals surface area contributed by atoms with Crippen LogP contribution in [0.25, 0.3) is 0 Å². The van der Waals surface area contributed by atoms with Crippen molar-refractivity contribution >= 4 is 5.78 Å². The Morgan fingerprint density at radius 1 is 1.11 bits per heavy atom. The Bertz CT molecular complexity index is 606. The predicted molar refractivity (Wildman–Crippen MR) is 63.9 cm³/mol. The van der Waals surface area contributed by atoms with E-state index in [2.05, 4.69) is 4.98 Å². The number of aryl methyl sites for hydroxylation is 1. The van der Waals surface area contributed by atoms with Crippen LogP contribution in [0.15, 0.2) is 42.6 Å². The van der Waals surface area contributed by atoms with E-state index in [0.29, 0.717) is 0 Å². The maximum Gasteiger partial charge on any atom is 0.417 e. The first-order valence-electron chi connectivity index (χ1n) is 5.54. The number of hydrogen-bond acceptors (Lipinski definition) is 2. The highest BCUT2D eigenvalue weighted by Gasteiger charge is 2.37. The fourth-order valence-corrected chi connectivity index (χ4v) is 1.87. The number of benzene rings is 1. The summed E-state index contributed by atoms with van der Waals surface area (Å²) in [6.07, 6.45) is -3.19. The first kappa shape index (κ1) is 13.3. The van der Waals surface area contributed by atoms with Crippen LogP contribution in [-0.4, -0.2) is 10.8 Å². The van der Waals surface area contributed by atoms with Crippen molar-refractivity contribution in [1.82, 2.24) is 4.98 Å². The van der Waals surface area contributed by atoms with Crippen LogP contribution in [0, 0.1) is 6.92 Å². The van der Waals surface area contributed by atoms with Crippen LogP contribution in [-0.2, 0) is 6.18 Å². The Kier molecular flexibility index (Phi) is 3.38. The average Bonchev–Trinajstić information content (AvgIpc) is 2.37. The summed E-state index contributed by atoms with van der Waals surface area (Å²) >= 11 is 0. The summed E-state index contributed by atoms with van der Waals surface area (Å²) in [4.78, 5) is 15.9. The summed E-state index contributed by atoms with van der Waals surface area (Å²) in [5.41, 5.74) is -1.25. The van der Waals surface area contributed by atoms with Crippen LogP contribution in [0.1, 0.15) is 27.2 Å². The van der Waals surface area contributed by atoms with Gasteiger partial charge in [0.05, 0.1) is 5.56 Å². The van der Waals surface area contributed by atoms with Crippen molar-refractivity contribution in [3.8, 4) is 0 Å². The number of carbonyl (C=O) groups excluding carboxylic acids is 1. The van der Waals surface area contributed by atoms with Crippen molar-refractivity contribution in [3.05, 3.63) is 65.0 Å². The van der Waals surface area contributed by atoms with E-state index in [1.165, 1.54) is 37.4 Å². The predicted octanol–water partition coefficient (Wildman–Crippen LogP) is 3.64. The molecule has 1 aromatic heterocycles. The van der Waals surface area contributed by atoms with E-state index in [1.807, 2.05) is 0 Å². The molecule has 19 heavy (non-hydrogen) atoms. The van der Waals surface area contributed by atoms with Crippen molar-refractivity contribution in [1.29, 1.82) is 0 Å². The lowest BCUT2D eigenvalue weighted by Gasteiger charge is -2.14. The molecule has 0 saturated carbocycles. The molecule has 5 heteroatoms. The second kappa shape index (κ2) is 4.84. The smallest absolute Gasteiger partial charge is 0.287 e. The van der Waals surface area contributed by atoms with E-state index in [4.69, 9.17) is 0 Å². The van der Waals surface area contributed by atoms with E-state index in [1.54, 1.807) is 12.1 Å². The first-order chi connectivity index (χ1) is 8.91. The van der Waals surface area contributed by atoms with Gasteiger partial charge >= 0.3 is 6.18 Å². The standard InChI is InChI=1S/C14H10F3NO/c1-9-5-4-6-10(12(9)14(15,16)17)13(19)11-7-2-3-8-18-11/h2-8H,1H3. The number of carbonyl (C=O) groups is 1. The molecule has 0 aliphatic rings. The van der Waals surface area contributed by atoms with Gasteiger partial charge in [-0.2, -0.15) is 13.2 Å². The van der Waals surface area contributed by atoms with Gasteiger partial charge < -0.3 is 0 Å². The van der Waals surface area contributed by atoms with Gasteiger partial charge in [-0.1, -0.05) is 24.3 Å². The van der Waals surface area contributed by atoms with E-state index >= 15 is 0 Å². The number of alkyl halides is 3. The molecule has 2 nitrogen and oxygen atoms in total. The Labute approximate surface area is 107 Å². The molecule has 0 radical (unpaired) electrons. The number of aromatic nitrogens is 1. The summed E-state index contributed by atoms with van der Waals surface area (Å²) < 4.78 is 39.0. The largest absolute Gasteiger partial charge is 0.417 e. The average molecular weight is 265 g/mol. The lowest BCUT2D eigenvalue weighted by Crippen LogP contribution is -2.16. The van der Waals surface area contributed by atoms with Gasteiger partial charge in [0, 0.05) is 11.8 Å². The zero-order chi connectivity index (χ0) is 14.0. The minimum atomic E-state index is -4.56. The lowest BCUT2D eigenvalue weighted by molar-refractivity contribution is -0.138. The van der Waals surface area contributed by atoms with Gasteiger partial charge in [0.1, 0.15) is 5.69 Å². The molecule has 0 fully saturated rings. The fraction of sp³-hybridized carbons (Fsp3) is 0.143. The van der Waals surface area contributed by atoms with Crippen molar-refractivity contribution in [2.24, 2.45) is 0 Å². The van der Waals surface area contributed by atoms with Gasteiger partial charge in [0.2, 0.25) is 5.78 Å². The summed E-state index contributed by atoms with van der Waals surface area (Å²) in [5.74, 6) is -0.725. The molecule has 0 aliphatic carbocycles. The van der Waals surface area contributed by atoms with Gasteiger partial charge in [-0.3, -0.25) is 9.78 Å². The van der Waals surface area contributed by atoms with Crippen LogP contribution in [0.3, 0.4) is 0 Å². The molecule has 2 aromatic rings. The van der Waals surface area contributed by atoms with Gasteiger partial charge in [0.15, 0.2) is 0 Å². The molecule has 98 valence electrons. The molecule has 0 aliphatic heterocycles. The Balaban J connectivity index is 2.58. The van der Waals surface area contributed by atoms with Gasteiger partial charge in [0.25, 0.3) is 0 Å². The highest BCUT2D eigenvalue weighted by molar-refractivity contribution is 6.08. The number of nitrogens with zero attached hydrogens (tertiary/aromatic N) is 1. The van der Waals surface area contributed by atoms with Crippen LogP contribution in [0.2, 0.25) is 0 Å². The molecule has 0 spiro atoms. The van der Waals surface area contributed by atoms with E-state index in [9.17, 15) is 18.0 Å². The minimum Gasteiger partial charge on any atom is -0.287 e. The van der Waals surface area contributed by atoms with E-state index < -0.39 is 17.5 Å². The number of halogens is 3. The molecule has 0 atom stereocenters. The third kappa shape index (κ3) is 2.65. The molecular weight excluding hydrogens is 255 g/mol. The molecule has 0 amide bonds. The van der Waals surface area contributed by atoms with Crippen molar-refractivity contribution in [2.45, 2.75) is 13.1 Å². The molecular formula is C14H10F3NO. The molecule has 0 N–H and O–H groups in total. The van der Waals surface area contributed by atoms with E-state index in [-0.39, 0.29) is 16.8 Å². The van der Waals surface area contributed by atoms with Crippen molar-refractivity contribution in [2.75, 3.05) is 0 Å². The number of hydrogen-bond donors (Lipinski definition) is 0. The van der Waals surface area contributed by atoms with E-state index in [0.717, 1.165) is 0 Å². The molecule has 0 unspecified atom stereocenters. The van der Waals surface area contributed by atoms with Gasteiger partial charge in [-0.25, -0.2) is 0 Å². The summed E-state index contributed by atoms with van der Waals surface area (Å²) in [6, 6.07) is 8.48.